The van der Waals surface area contributed by atoms with Crippen molar-refractivity contribution in [2.75, 3.05) is 26.2 Å². The molecule has 0 aromatic rings. The molecule has 1 amide bonds. The summed E-state index contributed by atoms with van der Waals surface area (Å²) in [4.78, 5) is 13.4. The average Bonchev–Trinajstić information content (AvgIpc) is 2.17. The van der Waals surface area contributed by atoms with E-state index in [4.69, 9.17) is 11.6 Å². The van der Waals surface area contributed by atoms with Gasteiger partial charge in [0.2, 0.25) is 5.91 Å². The van der Waals surface area contributed by atoms with Crippen LogP contribution in [0.3, 0.4) is 0 Å². The third-order valence-electron chi connectivity index (χ3n) is 2.21. The van der Waals surface area contributed by atoms with Gasteiger partial charge in [-0.1, -0.05) is 13.8 Å². The summed E-state index contributed by atoms with van der Waals surface area (Å²) in [5.74, 6) is -0.0776. The van der Waals surface area contributed by atoms with Crippen LogP contribution in [0.15, 0.2) is 0 Å². The lowest BCUT2D eigenvalue weighted by Crippen LogP contribution is -2.33. The first-order chi connectivity index (χ1) is 6.61. The highest BCUT2D eigenvalue weighted by Gasteiger charge is 2.07. The Morgan fingerprint density at radius 2 is 2.00 bits per heavy atom. The maximum absolute atomic E-state index is 11.1. The number of carbonyl (C=O) groups is 1. The molecular weight excluding hydrogens is 200 g/mol. The summed E-state index contributed by atoms with van der Waals surface area (Å²) < 4.78 is 0. The van der Waals surface area contributed by atoms with Gasteiger partial charge in [0.25, 0.3) is 0 Å². The van der Waals surface area contributed by atoms with E-state index in [1.165, 1.54) is 0 Å². The van der Waals surface area contributed by atoms with Crippen LogP contribution in [0.1, 0.15) is 27.2 Å². The van der Waals surface area contributed by atoms with E-state index < -0.39 is 5.38 Å². The Morgan fingerprint density at radius 3 is 2.43 bits per heavy atom. The molecule has 0 radical (unpaired) electrons. The van der Waals surface area contributed by atoms with Crippen molar-refractivity contribution in [3.63, 3.8) is 0 Å². The van der Waals surface area contributed by atoms with Gasteiger partial charge in [-0.3, -0.25) is 4.79 Å². The van der Waals surface area contributed by atoms with Crippen LogP contribution in [0.4, 0.5) is 0 Å². The number of hydrogen-bond acceptors (Lipinski definition) is 2. The minimum Gasteiger partial charge on any atom is -0.355 e. The van der Waals surface area contributed by atoms with Crippen molar-refractivity contribution in [1.29, 1.82) is 0 Å². The molecule has 0 aromatic carbocycles. The molecule has 0 saturated heterocycles. The topological polar surface area (TPSA) is 32.3 Å². The smallest absolute Gasteiger partial charge is 0.237 e. The van der Waals surface area contributed by atoms with Gasteiger partial charge >= 0.3 is 0 Å². The molecule has 0 unspecified atom stereocenters. The lowest BCUT2D eigenvalue weighted by molar-refractivity contribution is -0.120. The number of halogens is 1. The van der Waals surface area contributed by atoms with Crippen LogP contribution in [-0.4, -0.2) is 42.4 Å². The molecule has 4 heteroatoms. The van der Waals surface area contributed by atoms with E-state index in [-0.39, 0.29) is 5.91 Å². The predicted octanol–water partition coefficient (Wildman–Crippen LogP) is 1.46. The number of carbonyl (C=O) groups excluding carboxylic acids is 1. The van der Waals surface area contributed by atoms with E-state index in [1.54, 1.807) is 6.92 Å². The van der Waals surface area contributed by atoms with E-state index in [0.717, 1.165) is 26.1 Å². The molecular formula is C10H21ClN2O. The van der Waals surface area contributed by atoms with Crippen LogP contribution in [-0.2, 0) is 4.79 Å². The monoisotopic (exact) mass is 220 g/mol. The van der Waals surface area contributed by atoms with Gasteiger partial charge in [-0.15, -0.1) is 11.6 Å². The largest absolute Gasteiger partial charge is 0.355 e. The first-order valence-corrected chi connectivity index (χ1v) is 5.69. The number of hydrogen-bond donors (Lipinski definition) is 1. The second kappa shape index (κ2) is 8.06. The fourth-order valence-corrected chi connectivity index (χ4v) is 1.27. The fourth-order valence-electron chi connectivity index (χ4n) is 1.19. The summed E-state index contributed by atoms with van der Waals surface area (Å²) in [5.41, 5.74) is 0. The lowest BCUT2D eigenvalue weighted by Gasteiger charge is -2.17. The molecule has 1 atom stereocenters. The van der Waals surface area contributed by atoms with Gasteiger partial charge in [-0.2, -0.15) is 0 Å². The van der Waals surface area contributed by atoms with Gasteiger partial charge in [0.1, 0.15) is 5.38 Å². The molecule has 84 valence electrons. The molecule has 14 heavy (non-hydrogen) atoms. The summed E-state index contributed by atoms with van der Waals surface area (Å²) in [5, 5.41) is 2.36. The molecule has 0 aliphatic carbocycles. The van der Waals surface area contributed by atoms with Gasteiger partial charge in [-0.05, 0) is 33.0 Å². The zero-order valence-corrected chi connectivity index (χ0v) is 10.1. The second-order valence-electron chi connectivity index (χ2n) is 3.29. The van der Waals surface area contributed by atoms with E-state index in [9.17, 15) is 4.79 Å². The average molecular weight is 221 g/mol. The highest BCUT2D eigenvalue weighted by molar-refractivity contribution is 6.30. The zero-order chi connectivity index (χ0) is 11.0. The maximum atomic E-state index is 11.1. The van der Waals surface area contributed by atoms with Crippen molar-refractivity contribution in [3.05, 3.63) is 0 Å². The van der Waals surface area contributed by atoms with Crippen LogP contribution in [0.5, 0.6) is 0 Å². The van der Waals surface area contributed by atoms with Crippen LogP contribution in [0.2, 0.25) is 0 Å². The molecule has 0 aliphatic heterocycles. The van der Waals surface area contributed by atoms with Crippen molar-refractivity contribution >= 4 is 17.5 Å². The van der Waals surface area contributed by atoms with Crippen LogP contribution in [0.25, 0.3) is 0 Å². The maximum Gasteiger partial charge on any atom is 0.237 e. The molecule has 1 N–H and O–H groups in total. The van der Waals surface area contributed by atoms with E-state index in [0.29, 0.717) is 6.54 Å². The number of nitrogens with zero attached hydrogens (tertiary/aromatic N) is 1. The lowest BCUT2D eigenvalue weighted by atomic mass is 10.3. The quantitative estimate of drug-likeness (QED) is 0.521. The van der Waals surface area contributed by atoms with Crippen LogP contribution in [0, 0.1) is 0 Å². The van der Waals surface area contributed by atoms with Crippen molar-refractivity contribution in [2.45, 2.75) is 32.6 Å². The SMILES string of the molecule is CCN(CC)CCCNC(=O)[C@H](C)Cl. The van der Waals surface area contributed by atoms with Gasteiger partial charge in [-0.25, -0.2) is 0 Å². The first-order valence-electron chi connectivity index (χ1n) is 5.25. The Labute approximate surface area is 91.8 Å². The molecule has 0 spiro atoms. The molecule has 0 heterocycles. The normalized spacial score (nSPS) is 12.9. The third kappa shape index (κ3) is 6.22. The zero-order valence-electron chi connectivity index (χ0n) is 9.35. The molecule has 0 fully saturated rings. The van der Waals surface area contributed by atoms with Gasteiger partial charge in [0.15, 0.2) is 0 Å². The van der Waals surface area contributed by atoms with Gasteiger partial charge in [0, 0.05) is 6.54 Å². The molecule has 3 nitrogen and oxygen atoms in total. The predicted molar refractivity (Wildman–Crippen MR) is 60.7 cm³/mol. The minimum absolute atomic E-state index is 0.0776. The summed E-state index contributed by atoms with van der Waals surface area (Å²) in [6, 6.07) is 0. The molecule has 0 bridgehead atoms. The molecule has 0 aromatic heterocycles. The Bertz CT molecular complexity index is 158. The number of nitrogens with one attached hydrogen (secondary N) is 1. The Hall–Kier alpha value is -0.280. The molecule has 0 saturated carbocycles. The highest BCUT2D eigenvalue weighted by Crippen LogP contribution is 1.93. The Kier molecular flexibility index (Phi) is 7.90. The van der Waals surface area contributed by atoms with Crippen molar-refractivity contribution < 1.29 is 4.79 Å². The summed E-state index contributed by atoms with van der Waals surface area (Å²) in [7, 11) is 0. The Morgan fingerprint density at radius 1 is 1.43 bits per heavy atom. The first kappa shape index (κ1) is 13.7. The molecule has 0 rings (SSSR count). The standard InChI is InChI=1S/C10H21ClN2O/c1-4-13(5-2)8-6-7-12-10(14)9(3)11/h9H,4-8H2,1-3H3,(H,12,14)/t9-/m0/s1. The molecule has 0 aliphatic rings. The van der Waals surface area contributed by atoms with E-state index in [2.05, 4.69) is 24.1 Å². The third-order valence-corrected chi connectivity index (χ3v) is 2.40. The summed E-state index contributed by atoms with van der Waals surface area (Å²) in [6.07, 6.45) is 0.983. The summed E-state index contributed by atoms with van der Waals surface area (Å²) in [6.45, 7) is 9.84. The van der Waals surface area contributed by atoms with Gasteiger partial charge < -0.3 is 10.2 Å². The fraction of sp³-hybridized carbons (Fsp3) is 0.900. The second-order valence-corrected chi connectivity index (χ2v) is 3.94. The summed E-state index contributed by atoms with van der Waals surface area (Å²) >= 11 is 5.60. The number of rotatable bonds is 7. The van der Waals surface area contributed by atoms with E-state index in [1.807, 2.05) is 0 Å². The van der Waals surface area contributed by atoms with Gasteiger partial charge in [0.05, 0.1) is 0 Å². The minimum atomic E-state index is -0.427. The van der Waals surface area contributed by atoms with Crippen molar-refractivity contribution in [1.82, 2.24) is 10.2 Å². The van der Waals surface area contributed by atoms with Crippen LogP contribution >= 0.6 is 11.6 Å². The van der Waals surface area contributed by atoms with Crippen molar-refractivity contribution in [2.24, 2.45) is 0 Å². The van der Waals surface area contributed by atoms with E-state index >= 15 is 0 Å². The number of alkyl halides is 1. The van der Waals surface area contributed by atoms with Crippen molar-refractivity contribution in [3.8, 4) is 0 Å². The highest BCUT2D eigenvalue weighted by atomic mass is 35.5. The Balaban J connectivity index is 3.41. The van der Waals surface area contributed by atoms with Crippen LogP contribution < -0.4 is 5.32 Å². The number of amides is 1.